The molecular formula is C45H27N3O2. The van der Waals surface area contributed by atoms with E-state index in [1.807, 2.05) is 30.3 Å². The van der Waals surface area contributed by atoms with Gasteiger partial charge in [-0.15, -0.1) is 0 Å². The molecule has 0 bridgehead atoms. The van der Waals surface area contributed by atoms with Gasteiger partial charge in [0.1, 0.15) is 22.3 Å². The van der Waals surface area contributed by atoms with Crippen molar-refractivity contribution in [1.29, 1.82) is 0 Å². The number of hydrogen-bond donors (Lipinski definition) is 0. The number of imidazole rings is 2. The van der Waals surface area contributed by atoms with Gasteiger partial charge in [0, 0.05) is 27.3 Å². The maximum Gasteiger partial charge on any atom is 0.220 e. The molecule has 0 spiro atoms. The van der Waals surface area contributed by atoms with Gasteiger partial charge in [-0.2, -0.15) is 0 Å². The third kappa shape index (κ3) is 3.80. The van der Waals surface area contributed by atoms with Gasteiger partial charge < -0.3 is 8.83 Å². The van der Waals surface area contributed by atoms with Crippen LogP contribution in [-0.4, -0.2) is 14.0 Å². The molecule has 0 amide bonds. The zero-order valence-electron chi connectivity index (χ0n) is 26.7. The predicted molar refractivity (Wildman–Crippen MR) is 203 cm³/mol. The van der Waals surface area contributed by atoms with Gasteiger partial charge in [0.15, 0.2) is 0 Å². The van der Waals surface area contributed by atoms with Crippen molar-refractivity contribution in [2.24, 2.45) is 0 Å². The summed E-state index contributed by atoms with van der Waals surface area (Å²) in [5.41, 5.74) is 12.9. The first-order chi connectivity index (χ1) is 24.8. The molecule has 50 heavy (non-hydrogen) atoms. The summed E-state index contributed by atoms with van der Waals surface area (Å²) in [4.78, 5) is 5.58. The SMILES string of the molecule is c1ccc(-c2ccc3c(c2)n2c(-c4cccc5oc6ccccc6c45)c(-c4ccccc4)nc2n3-c2cccc3oc4ccccc4c23)cc1. The van der Waals surface area contributed by atoms with Crippen molar-refractivity contribution in [3.63, 3.8) is 0 Å². The molecule has 5 nitrogen and oxygen atoms in total. The lowest BCUT2D eigenvalue weighted by atomic mass is 9.99. The summed E-state index contributed by atoms with van der Waals surface area (Å²) in [6, 6.07) is 57.0. The van der Waals surface area contributed by atoms with Crippen LogP contribution in [0.15, 0.2) is 173 Å². The Morgan fingerprint density at radius 2 is 1.04 bits per heavy atom. The highest BCUT2D eigenvalue weighted by atomic mass is 16.3. The van der Waals surface area contributed by atoms with Gasteiger partial charge in [-0.1, -0.05) is 121 Å². The van der Waals surface area contributed by atoms with Crippen LogP contribution in [0, 0.1) is 0 Å². The summed E-state index contributed by atoms with van der Waals surface area (Å²) in [6.45, 7) is 0. The lowest BCUT2D eigenvalue weighted by Gasteiger charge is -2.10. The fourth-order valence-corrected chi connectivity index (χ4v) is 7.79. The molecule has 0 N–H and O–H groups in total. The third-order valence-corrected chi connectivity index (χ3v) is 9.95. The van der Waals surface area contributed by atoms with E-state index in [1.165, 1.54) is 0 Å². The molecule has 0 radical (unpaired) electrons. The molecule has 0 aliphatic carbocycles. The molecule has 4 aromatic heterocycles. The second-order valence-corrected chi connectivity index (χ2v) is 12.7. The van der Waals surface area contributed by atoms with Gasteiger partial charge in [-0.3, -0.25) is 8.97 Å². The van der Waals surface area contributed by atoms with Gasteiger partial charge >= 0.3 is 0 Å². The third-order valence-electron chi connectivity index (χ3n) is 9.95. The smallest absolute Gasteiger partial charge is 0.220 e. The molecule has 0 saturated heterocycles. The first-order valence-corrected chi connectivity index (χ1v) is 16.8. The highest BCUT2D eigenvalue weighted by Crippen LogP contribution is 2.44. The van der Waals surface area contributed by atoms with Crippen molar-refractivity contribution in [2.45, 2.75) is 0 Å². The first-order valence-electron chi connectivity index (χ1n) is 16.8. The number of fused-ring (bicyclic) bond motifs is 9. The van der Waals surface area contributed by atoms with Crippen molar-refractivity contribution < 1.29 is 8.83 Å². The van der Waals surface area contributed by atoms with Crippen LogP contribution in [0.1, 0.15) is 0 Å². The number of rotatable bonds is 4. The Morgan fingerprint density at radius 1 is 0.440 bits per heavy atom. The van der Waals surface area contributed by atoms with Gasteiger partial charge in [0.05, 0.1) is 33.5 Å². The minimum absolute atomic E-state index is 0.821. The Balaban J connectivity index is 1.35. The average Bonchev–Trinajstić information content (AvgIpc) is 3.93. The highest BCUT2D eigenvalue weighted by molar-refractivity contribution is 6.14. The average molecular weight is 642 g/mol. The fraction of sp³-hybridized carbons (Fsp3) is 0. The van der Waals surface area contributed by atoms with E-state index in [0.717, 1.165) is 100 Å². The van der Waals surface area contributed by atoms with Crippen molar-refractivity contribution in [3.8, 4) is 39.3 Å². The van der Waals surface area contributed by atoms with Crippen LogP contribution in [0.25, 0.3) is 100 Å². The lowest BCUT2D eigenvalue weighted by molar-refractivity contribution is 0.668. The summed E-state index contributed by atoms with van der Waals surface area (Å²) < 4.78 is 17.5. The number of hydrogen-bond acceptors (Lipinski definition) is 3. The monoisotopic (exact) mass is 641 g/mol. The summed E-state index contributed by atoms with van der Waals surface area (Å²) >= 11 is 0. The number of nitrogens with zero attached hydrogens (tertiary/aromatic N) is 3. The molecule has 4 heterocycles. The summed E-state index contributed by atoms with van der Waals surface area (Å²) in [5, 5.41) is 4.28. The molecule has 11 rings (SSSR count). The van der Waals surface area contributed by atoms with Crippen LogP contribution >= 0.6 is 0 Å². The molecule has 0 aliphatic heterocycles. The molecule has 0 fully saturated rings. The van der Waals surface area contributed by atoms with Crippen LogP contribution in [0.3, 0.4) is 0 Å². The van der Waals surface area contributed by atoms with E-state index in [9.17, 15) is 0 Å². The molecule has 7 aromatic carbocycles. The minimum atomic E-state index is 0.821. The van der Waals surface area contributed by atoms with E-state index in [2.05, 4.69) is 142 Å². The van der Waals surface area contributed by atoms with Gasteiger partial charge in [0.2, 0.25) is 5.78 Å². The number of aromatic nitrogens is 3. The Morgan fingerprint density at radius 3 is 1.78 bits per heavy atom. The van der Waals surface area contributed by atoms with Crippen molar-refractivity contribution in [2.75, 3.05) is 0 Å². The maximum atomic E-state index is 6.42. The number of furan rings is 2. The second-order valence-electron chi connectivity index (χ2n) is 12.7. The molecule has 234 valence electrons. The van der Waals surface area contributed by atoms with Crippen LogP contribution in [-0.2, 0) is 0 Å². The molecule has 0 aliphatic rings. The lowest BCUT2D eigenvalue weighted by Crippen LogP contribution is -1.96. The molecule has 0 unspecified atom stereocenters. The highest BCUT2D eigenvalue weighted by Gasteiger charge is 2.27. The van der Waals surface area contributed by atoms with Crippen LogP contribution < -0.4 is 0 Å². The van der Waals surface area contributed by atoms with Crippen molar-refractivity contribution >= 4 is 60.7 Å². The second kappa shape index (κ2) is 10.3. The number of benzene rings is 7. The van der Waals surface area contributed by atoms with Gasteiger partial charge in [0.25, 0.3) is 0 Å². The van der Waals surface area contributed by atoms with Crippen molar-refractivity contribution in [3.05, 3.63) is 164 Å². The zero-order valence-corrected chi connectivity index (χ0v) is 26.7. The predicted octanol–water partition coefficient (Wildman–Crippen LogP) is 12.1. The summed E-state index contributed by atoms with van der Waals surface area (Å²) in [6.07, 6.45) is 0. The van der Waals surface area contributed by atoms with E-state index >= 15 is 0 Å². The Bertz CT molecular complexity index is 3090. The Labute approximate surface area is 285 Å². The van der Waals surface area contributed by atoms with Crippen molar-refractivity contribution in [1.82, 2.24) is 14.0 Å². The van der Waals surface area contributed by atoms with Gasteiger partial charge in [-0.05, 0) is 53.6 Å². The summed E-state index contributed by atoms with van der Waals surface area (Å²) in [5.74, 6) is 0.821. The van der Waals surface area contributed by atoms with E-state index in [4.69, 9.17) is 13.8 Å². The van der Waals surface area contributed by atoms with Crippen LogP contribution in [0.5, 0.6) is 0 Å². The molecule has 11 aromatic rings. The Kier molecular flexibility index (Phi) is 5.60. The number of para-hydroxylation sites is 2. The molecular weight excluding hydrogens is 615 g/mol. The van der Waals surface area contributed by atoms with E-state index in [0.29, 0.717) is 0 Å². The van der Waals surface area contributed by atoms with Crippen LogP contribution in [0.2, 0.25) is 0 Å². The largest absolute Gasteiger partial charge is 0.456 e. The molecule has 0 atom stereocenters. The standard InChI is InChI=1S/C45H27N3O2/c1-3-13-28(14-4-1)30-25-26-34-36(27-30)48-44(33-19-11-23-39-41(33)31-17-7-9-21-37(31)49-39)43(29-15-5-2-6-16-29)46-45(48)47(34)35-20-12-24-40-42(35)32-18-8-10-22-38(32)50-40/h1-27H. The first kappa shape index (κ1) is 27.1. The minimum Gasteiger partial charge on any atom is -0.456 e. The normalized spacial score (nSPS) is 12.0. The van der Waals surface area contributed by atoms with E-state index in [-0.39, 0.29) is 0 Å². The van der Waals surface area contributed by atoms with Gasteiger partial charge in [-0.25, -0.2) is 4.98 Å². The fourth-order valence-electron chi connectivity index (χ4n) is 7.79. The van der Waals surface area contributed by atoms with Crippen LogP contribution in [0.4, 0.5) is 0 Å². The topological polar surface area (TPSA) is 48.5 Å². The molecule has 0 saturated carbocycles. The molecule has 5 heteroatoms. The van der Waals surface area contributed by atoms with E-state index in [1.54, 1.807) is 0 Å². The Hall–Kier alpha value is -6.85. The zero-order chi connectivity index (χ0) is 32.8. The maximum absolute atomic E-state index is 6.42. The quantitative estimate of drug-likeness (QED) is 0.192. The summed E-state index contributed by atoms with van der Waals surface area (Å²) in [7, 11) is 0. The van der Waals surface area contributed by atoms with E-state index < -0.39 is 0 Å².